The molecule has 2 atom stereocenters. The van der Waals surface area contributed by atoms with Gasteiger partial charge in [0.15, 0.2) is 6.29 Å². The molecule has 6 rings (SSSR count). The number of aliphatic hydroxyl groups is 1. The number of epoxide rings is 1. The molecule has 3 heterocycles. The highest BCUT2D eigenvalue weighted by Gasteiger charge is 2.44. The van der Waals surface area contributed by atoms with Crippen molar-refractivity contribution >= 4 is 27.7 Å². The Labute approximate surface area is 217 Å². The van der Waals surface area contributed by atoms with Gasteiger partial charge < -0.3 is 19.7 Å². The summed E-state index contributed by atoms with van der Waals surface area (Å²) in [7, 11) is 0. The maximum absolute atomic E-state index is 13.7. The number of ether oxygens (including phenoxy) is 1. The largest absolute Gasteiger partial charge is 0.416 e. The molecule has 198 valence electrons. The van der Waals surface area contributed by atoms with Crippen LogP contribution in [0.25, 0.3) is 21.8 Å². The number of carbonyl (C=O) groups is 1. The van der Waals surface area contributed by atoms with Gasteiger partial charge in [0.2, 0.25) is 0 Å². The molecule has 2 N–H and O–H groups in total. The fourth-order valence-electron chi connectivity index (χ4n) is 5.74. The maximum atomic E-state index is 13.7. The molecule has 0 bridgehead atoms. The molecular weight excluding hydrogens is 495 g/mol. The zero-order chi connectivity index (χ0) is 26.4. The fourth-order valence-corrected chi connectivity index (χ4v) is 5.74. The van der Waals surface area contributed by atoms with Gasteiger partial charge in [-0.25, -0.2) is 0 Å². The SMILES string of the molecule is O=C(NCC1CCC(C2OC2O)CC1)c1cc(C(F)(F)F)cc2ccn(Cc3ccc4cccnc4c3)c12. The molecule has 1 saturated heterocycles. The van der Waals surface area contributed by atoms with Crippen LogP contribution in [0, 0.1) is 11.8 Å². The number of rotatable bonds is 6. The van der Waals surface area contributed by atoms with Crippen LogP contribution in [0.3, 0.4) is 0 Å². The van der Waals surface area contributed by atoms with Crippen molar-refractivity contribution in [1.29, 1.82) is 0 Å². The topological polar surface area (TPSA) is 79.7 Å². The summed E-state index contributed by atoms with van der Waals surface area (Å²) < 4.78 is 48.1. The number of amides is 1. The van der Waals surface area contributed by atoms with Gasteiger partial charge in [-0.1, -0.05) is 18.2 Å². The molecule has 38 heavy (non-hydrogen) atoms. The summed E-state index contributed by atoms with van der Waals surface area (Å²) in [4.78, 5) is 17.7. The van der Waals surface area contributed by atoms with E-state index in [-0.39, 0.29) is 17.6 Å². The van der Waals surface area contributed by atoms with Crippen LogP contribution in [0.2, 0.25) is 0 Å². The molecule has 2 aromatic heterocycles. The highest BCUT2D eigenvalue weighted by Crippen LogP contribution is 2.39. The first-order valence-corrected chi connectivity index (χ1v) is 12.9. The van der Waals surface area contributed by atoms with Gasteiger partial charge >= 0.3 is 6.18 Å². The van der Waals surface area contributed by atoms with E-state index in [2.05, 4.69) is 10.3 Å². The Bertz CT molecular complexity index is 1490. The number of nitrogens with zero attached hydrogens (tertiary/aromatic N) is 2. The summed E-state index contributed by atoms with van der Waals surface area (Å²) in [6, 6.07) is 13.4. The van der Waals surface area contributed by atoms with Crippen molar-refractivity contribution < 1.29 is 27.8 Å². The Balaban J connectivity index is 1.25. The minimum Gasteiger partial charge on any atom is -0.366 e. The molecule has 6 nitrogen and oxygen atoms in total. The van der Waals surface area contributed by atoms with Crippen LogP contribution in [0.15, 0.2) is 60.9 Å². The Hall–Kier alpha value is -3.43. The fraction of sp³-hybridized carbons (Fsp3) is 0.379. The molecule has 2 aliphatic rings. The van der Waals surface area contributed by atoms with Crippen LogP contribution in [-0.2, 0) is 17.5 Å². The molecule has 1 saturated carbocycles. The van der Waals surface area contributed by atoms with Crippen LogP contribution in [0.4, 0.5) is 13.2 Å². The van der Waals surface area contributed by atoms with Gasteiger partial charge in [0.25, 0.3) is 5.91 Å². The lowest BCUT2D eigenvalue weighted by atomic mass is 9.80. The van der Waals surface area contributed by atoms with Gasteiger partial charge in [-0.2, -0.15) is 13.2 Å². The standard InChI is InChI=1S/C29H28F3N3O3/c30-29(31,32)22-13-21-9-11-35(16-18-5-6-19-2-1-10-33-24(19)12-18)25(21)23(14-22)27(36)34-15-17-3-7-20(8-4-17)26-28(37)38-26/h1-2,5-6,9-14,17,20,26,28,37H,3-4,7-8,15-16H2,(H,34,36). The summed E-state index contributed by atoms with van der Waals surface area (Å²) in [5.41, 5.74) is 1.41. The average molecular weight is 524 g/mol. The van der Waals surface area contributed by atoms with Gasteiger partial charge in [-0.3, -0.25) is 9.78 Å². The number of halogens is 3. The quantitative estimate of drug-likeness (QED) is 0.327. The number of aromatic nitrogens is 2. The number of hydrogen-bond acceptors (Lipinski definition) is 4. The predicted molar refractivity (Wildman–Crippen MR) is 136 cm³/mol. The molecule has 1 aliphatic carbocycles. The van der Waals surface area contributed by atoms with Crippen molar-refractivity contribution in [3.63, 3.8) is 0 Å². The van der Waals surface area contributed by atoms with E-state index < -0.39 is 23.9 Å². The third-order valence-electron chi connectivity index (χ3n) is 7.86. The van der Waals surface area contributed by atoms with Crippen molar-refractivity contribution in [3.05, 3.63) is 77.6 Å². The number of aliphatic hydroxyl groups excluding tert-OH is 1. The average Bonchev–Trinajstić information content (AvgIpc) is 3.51. The second-order valence-corrected chi connectivity index (χ2v) is 10.4. The minimum atomic E-state index is -4.57. The van der Waals surface area contributed by atoms with Crippen LogP contribution in [0.1, 0.15) is 47.2 Å². The van der Waals surface area contributed by atoms with Crippen LogP contribution in [0.5, 0.6) is 0 Å². The molecule has 1 aliphatic heterocycles. The van der Waals surface area contributed by atoms with Crippen molar-refractivity contribution in [2.75, 3.05) is 6.54 Å². The number of fused-ring (bicyclic) bond motifs is 2. The minimum absolute atomic E-state index is 0.0157. The molecule has 2 aromatic carbocycles. The first kappa shape index (κ1) is 24.9. The van der Waals surface area contributed by atoms with E-state index in [9.17, 15) is 23.1 Å². The zero-order valence-corrected chi connectivity index (χ0v) is 20.6. The lowest BCUT2D eigenvalue weighted by Gasteiger charge is -2.27. The first-order chi connectivity index (χ1) is 18.3. The number of alkyl halides is 3. The summed E-state index contributed by atoms with van der Waals surface area (Å²) in [6.45, 7) is 0.787. The van der Waals surface area contributed by atoms with E-state index in [0.29, 0.717) is 29.9 Å². The molecule has 0 spiro atoms. The summed E-state index contributed by atoms with van der Waals surface area (Å²) in [5, 5.41) is 13.8. The van der Waals surface area contributed by atoms with Crippen LogP contribution < -0.4 is 5.32 Å². The Morgan fingerprint density at radius 1 is 1.08 bits per heavy atom. The summed E-state index contributed by atoms with van der Waals surface area (Å²) in [5.74, 6) is 0.0576. The van der Waals surface area contributed by atoms with Crippen LogP contribution in [-0.4, -0.2) is 39.5 Å². The van der Waals surface area contributed by atoms with Gasteiger partial charge in [-0.15, -0.1) is 0 Å². The third-order valence-corrected chi connectivity index (χ3v) is 7.86. The van der Waals surface area contributed by atoms with Crippen molar-refractivity contribution in [1.82, 2.24) is 14.9 Å². The molecule has 1 amide bonds. The number of carbonyl (C=O) groups excluding carboxylic acids is 1. The van der Waals surface area contributed by atoms with Crippen molar-refractivity contribution in [2.24, 2.45) is 11.8 Å². The summed E-state index contributed by atoms with van der Waals surface area (Å²) in [6.07, 6.45) is 1.71. The van der Waals surface area contributed by atoms with E-state index in [1.807, 2.05) is 34.9 Å². The van der Waals surface area contributed by atoms with Gasteiger partial charge in [0.05, 0.1) is 22.2 Å². The van der Waals surface area contributed by atoms with E-state index >= 15 is 0 Å². The van der Waals surface area contributed by atoms with Crippen LogP contribution >= 0.6 is 0 Å². The third kappa shape index (κ3) is 5.00. The molecular formula is C29H28F3N3O3. The molecule has 2 unspecified atom stereocenters. The normalized spacial score (nSPS) is 23.6. The monoisotopic (exact) mass is 523 g/mol. The molecule has 0 radical (unpaired) electrons. The van der Waals surface area contributed by atoms with Gasteiger partial charge in [0, 0.05) is 36.3 Å². The smallest absolute Gasteiger partial charge is 0.366 e. The van der Waals surface area contributed by atoms with E-state index in [4.69, 9.17) is 4.74 Å². The maximum Gasteiger partial charge on any atom is 0.416 e. The van der Waals surface area contributed by atoms with Crippen molar-refractivity contribution in [2.45, 2.75) is 50.8 Å². The number of hydrogen-bond donors (Lipinski definition) is 2. The first-order valence-electron chi connectivity index (χ1n) is 12.9. The van der Waals surface area contributed by atoms with E-state index in [0.717, 1.165) is 54.3 Å². The Kier molecular flexibility index (Phi) is 6.36. The highest BCUT2D eigenvalue weighted by atomic mass is 19.4. The second kappa shape index (κ2) is 9.71. The highest BCUT2D eigenvalue weighted by molar-refractivity contribution is 6.06. The van der Waals surface area contributed by atoms with E-state index in [1.165, 1.54) is 0 Å². The lowest BCUT2D eigenvalue weighted by molar-refractivity contribution is -0.137. The number of nitrogens with one attached hydrogen (secondary N) is 1. The Morgan fingerprint density at radius 2 is 1.87 bits per heavy atom. The summed E-state index contributed by atoms with van der Waals surface area (Å²) >= 11 is 0. The number of benzene rings is 2. The van der Waals surface area contributed by atoms with Crippen molar-refractivity contribution in [3.8, 4) is 0 Å². The second-order valence-electron chi connectivity index (χ2n) is 10.4. The van der Waals surface area contributed by atoms with Gasteiger partial charge in [0.1, 0.15) is 6.10 Å². The number of pyridine rings is 1. The zero-order valence-electron chi connectivity index (χ0n) is 20.6. The lowest BCUT2D eigenvalue weighted by Crippen LogP contribution is -2.32. The van der Waals surface area contributed by atoms with E-state index in [1.54, 1.807) is 18.5 Å². The van der Waals surface area contributed by atoms with Gasteiger partial charge in [-0.05, 0) is 73.4 Å². The molecule has 9 heteroatoms. The predicted octanol–water partition coefficient (Wildman–Crippen LogP) is 5.51. The molecule has 2 fully saturated rings. The molecule has 4 aromatic rings. The Morgan fingerprint density at radius 3 is 2.61 bits per heavy atom.